The van der Waals surface area contributed by atoms with Crippen molar-refractivity contribution in [1.82, 2.24) is 34.9 Å². The highest BCUT2D eigenvalue weighted by Gasteiger charge is 2.39. The van der Waals surface area contributed by atoms with Gasteiger partial charge in [0.15, 0.2) is 0 Å². The van der Waals surface area contributed by atoms with E-state index in [0.29, 0.717) is 39.0 Å². The maximum Gasteiger partial charge on any atom is 0.224 e. The first-order valence-electron chi connectivity index (χ1n) is 8.16. The van der Waals surface area contributed by atoms with Crippen LogP contribution >= 0.6 is 0 Å². The molecular formula is C14H25N7O2. The molecule has 9 heteroatoms. The summed E-state index contributed by atoms with van der Waals surface area (Å²) in [6, 6.07) is 0. The molecule has 3 heterocycles. The predicted molar refractivity (Wildman–Crippen MR) is 82.5 cm³/mol. The molecule has 1 N–H and O–H groups in total. The molecule has 1 aromatic heterocycles. The molecule has 2 aliphatic rings. The number of aromatic nitrogens is 4. The third kappa shape index (κ3) is 4.24. The van der Waals surface area contributed by atoms with Gasteiger partial charge in [0.25, 0.3) is 0 Å². The Morgan fingerprint density at radius 1 is 1.26 bits per heavy atom. The van der Waals surface area contributed by atoms with E-state index in [1.165, 1.54) is 6.33 Å². The van der Waals surface area contributed by atoms with Gasteiger partial charge in [-0.25, -0.2) is 4.68 Å². The molecule has 3 rings (SSSR count). The van der Waals surface area contributed by atoms with E-state index < -0.39 is 5.60 Å². The molecule has 2 fully saturated rings. The fraction of sp³-hybridized carbons (Fsp3) is 0.857. The zero-order chi connectivity index (χ0) is 16.3. The van der Waals surface area contributed by atoms with Crippen molar-refractivity contribution in [2.24, 2.45) is 0 Å². The summed E-state index contributed by atoms with van der Waals surface area (Å²) in [6.07, 6.45) is 2.51. The zero-order valence-electron chi connectivity index (χ0n) is 13.6. The van der Waals surface area contributed by atoms with Crippen LogP contribution in [0.25, 0.3) is 0 Å². The lowest BCUT2D eigenvalue weighted by Crippen LogP contribution is -2.52. The molecule has 0 spiro atoms. The summed E-state index contributed by atoms with van der Waals surface area (Å²) in [4.78, 5) is 18.6. The lowest BCUT2D eigenvalue weighted by Gasteiger charge is -2.36. The Labute approximate surface area is 135 Å². The van der Waals surface area contributed by atoms with Crippen molar-refractivity contribution in [2.75, 3.05) is 52.9 Å². The number of carbonyl (C=O) groups excluding carboxylic acids is 1. The highest BCUT2D eigenvalue weighted by atomic mass is 16.3. The van der Waals surface area contributed by atoms with Crippen LogP contribution < -0.4 is 0 Å². The Morgan fingerprint density at radius 3 is 2.74 bits per heavy atom. The van der Waals surface area contributed by atoms with Crippen molar-refractivity contribution in [1.29, 1.82) is 0 Å². The van der Waals surface area contributed by atoms with E-state index in [4.69, 9.17) is 0 Å². The standard InChI is InChI=1S/C14H25N7O2/c1-18-6-8-19(9-7-18)10-14(23)3-5-20(11-14)13(22)2-4-21-12-15-16-17-21/h12,23H,2-11H2,1H3/t14-/m0/s1. The number of hydrogen-bond acceptors (Lipinski definition) is 7. The molecule has 128 valence electrons. The highest BCUT2D eigenvalue weighted by Crippen LogP contribution is 2.23. The maximum atomic E-state index is 12.3. The predicted octanol–water partition coefficient (Wildman–Crippen LogP) is -1.73. The number of carbonyl (C=O) groups is 1. The van der Waals surface area contributed by atoms with Crippen LogP contribution in [-0.2, 0) is 11.3 Å². The number of rotatable bonds is 5. The minimum atomic E-state index is -0.777. The molecule has 23 heavy (non-hydrogen) atoms. The van der Waals surface area contributed by atoms with Gasteiger partial charge in [-0.2, -0.15) is 0 Å². The second-order valence-electron chi connectivity index (χ2n) is 6.69. The minimum absolute atomic E-state index is 0.0507. The van der Waals surface area contributed by atoms with Crippen molar-refractivity contribution in [3.63, 3.8) is 0 Å². The van der Waals surface area contributed by atoms with E-state index in [2.05, 4.69) is 32.4 Å². The average Bonchev–Trinajstić information content (AvgIpc) is 3.17. The van der Waals surface area contributed by atoms with Crippen molar-refractivity contribution in [3.8, 4) is 0 Å². The third-order valence-electron chi connectivity index (χ3n) is 4.75. The molecule has 1 amide bonds. The van der Waals surface area contributed by atoms with Gasteiger partial charge in [-0.1, -0.05) is 0 Å². The van der Waals surface area contributed by atoms with E-state index in [-0.39, 0.29) is 5.91 Å². The lowest BCUT2D eigenvalue weighted by atomic mass is 10.0. The monoisotopic (exact) mass is 323 g/mol. The lowest BCUT2D eigenvalue weighted by molar-refractivity contribution is -0.131. The molecular weight excluding hydrogens is 298 g/mol. The summed E-state index contributed by atoms with van der Waals surface area (Å²) < 4.78 is 1.55. The van der Waals surface area contributed by atoms with Crippen molar-refractivity contribution in [2.45, 2.75) is 25.0 Å². The Kier molecular flexibility index (Phi) is 4.88. The summed E-state index contributed by atoms with van der Waals surface area (Å²) >= 11 is 0. The summed E-state index contributed by atoms with van der Waals surface area (Å²) in [5, 5.41) is 21.6. The van der Waals surface area contributed by atoms with Crippen LogP contribution in [0.15, 0.2) is 6.33 Å². The molecule has 0 aromatic carbocycles. The topological polar surface area (TPSA) is 90.6 Å². The van der Waals surface area contributed by atoms with Gasteiger partial charge in [-0.15, -0.1) is 5.10 Å². The summed E-state index contributed by atoms with van der Waals surface area (Å²) in [6.45, 7) is 6.19. The first-order chi connectivity index (χ1) is 11.0. The van der Waals surface area contributed by atoms with E-state index in [0.717, 1.165) is 26.2 Å². The molecule has 1 atom stereocenters. The number of likely N-dealkylation sites (N-methyl/N-ethyl adjacent to an activating group) is 1. The van der Waals surface area contributed by atoms with Gasteiger partial charge in [0.2, 0.25) is 5.91 Å². The summed E-state index contributed by atoms with van der Waals surface area (Å²) in [5.74, 6) is 0.0507. The van der Waals surface area contributed by atoms with Gasteiger partial charge in [-0.3, -0.25) is 9.69 Å². The first-order valence-corrected chi connectivity index (χ1v) is 8.16. The van der Waals surface area contributed by atoms with Gasteiger partial charge >= 0.3 is 0 Å². The molecule has 2 aliphatic heterocycles. The molecule has 0 bridgehead atoms. The molecule has 1 aromatic rings. The van der Waals surface area contributed by atoms with Crippen LogP contribution in [0, 0.1) is 0 Å². The number of β-amino-alcohol motifs (C(OH)–C–C–N with tert-alkyl or cyclic N) is 1. The van der Waals surface area contributed by atoms with Crippen LogP contribution in [0.5, 0.6) is 0 Å². The quantitative estimate of drug-likeness (QED) is 0.689. The summed E-state index contributed by atoms with van der Waals surface area (Å²) in [7, 11) is 2.12. The number of hydrogen-bond donors (Lipinski definition) is 1. The number of amides is 1. The Balaban J connectivity index is 1.45. The molecule has 0 aliphatic carbocycles. The smallest absolute Gasteiger partial charge is 0.224 e. The molecule has 2 saturated heterocycles. The Hall–Kier alpha value is -1.58. The maximum absolute atomic E-state index is 12.3. The van der Waals surface area contributed by atoms with Crippen LogP contribution in [-0.4, -0.2) is 104 Å². The fourth-order valence-electron chi connectivity index (χ4n) is 3.27. The summed E-state index contributed by atoms with van der Waals surface area (Å²) in [5.41, 5.74) is -0.777. The highest BCUT2D eigenvalue weighted by molar-refractivity contribution is 5.76. The minimum Gasteiger partial charge on any atom is -0.387 e. The molecule has 0 saturated carbocycles. The zero-order valence-corrected chi connectivity index (χ0v) is 13.6. The van der Waals surface area contributed by atoms with Crippen LogP contribution in [0.4, 0.5) is 0 Å². The Morgan fingerprint density at radius 2 is 2.04 bits per heavy atom. The van der Waals surface area contributed by atoms with E-state index in [1.54, 1.807) is 9.58 Å². The third-order valence-corrected chi connectivity index (χ3v) is 4.75. The van der Waals surface area contributed by atoms with Gasteiger partial charge in [0.05, 0.1) is 18.7 Å². The van der Waals surface area contributed by atoms with Crippen molar-refractivity contribution >= 4 is 5.91 Å². The van der Waals surface area contributed by atoms with Crippen molar-refractivity contribution in [3.05, 3.63) is 6.33 Å². The van der Waals surface area contributed by atoms with E-state index in [1.807, 2.05) is 0 Å². The van der Waals surface area contributed by atoms with E-state index >= 15 is 0 Å². The number of tetrazole rings is 1. The second-order valence-corrected chi connectivity index (χ2v) is 6.69. The number of piperazine rings is 1. The molecule has 0 radical (unpaired) electrons. The fourth-order valence-corrected chi connectivity index (χ4v) is 3.27. The van der Waals surface area contributed by atoms with Gasteiger partial charge in [0, 0.05) is 45.7 Å². The first kappa shape index (κ1) is 16.3. The Bertz CT molecular complexity index is 515. The van der Waals surface area contributed by atoms with Crippen molar-refractivity contribution < 1.29 is 9.90 Å². The number of likely N-dealkylation sites (tertiary alicyclic amines) is 1. The average molecular weight is 323 g/mol. The number of nitrogens with zero attached hydrogens (tertiary/aromatic N) is 7. The number of aliphatic hydroxyl groups is 1. The normalized spacial score (nSPS) is 26.8. The SMILES string of the molecule is CN1CCN(C[C@@]2(O)CCN(C(=O)CCn3cnnn3)C2)CC1. The number of aryl methyl sites for hydroxylation is 1. The van der Waals surface area contributed by atoms with Crippen LogP contribution in [0.1, 0.15) is 12.8 Å². The van der Waals surface area contributed by atoms with Gasteiger partial charge in [0.1, 0.15) is 6.33 Å². The second kappa shape index (κ2) is 6.90. The van der Waals surface area contributed by atoms with Crippen LogP contribution in [0.3, 0.4) is 0 Å². The molecule has 9 nitrogen and oxygen atoms in total. The van der Waals surface area contributed by atoms with Gasteiger partial charge in [-0.05, 0) is 23.9 Å². The van der Waals surface area contributed by atoms with Crippen LogP contribution in [0.2, 0.25) is 0 Å². The molecule has 0 unspecified atom stereocenters. The largest absolute Gasteiger partial charge is 0.387 e. The van der Waals surface area contributed by atoms with E-state index in [9.17, 15) is 9.90 Å². The van der Waals surface area contributed by atoms with Gasteiger partial charge < -0.3 is 14.9 Å².